The van der Waals surface area contributed by atoms with Gasteiger partial charge in [-0.05, 0) is 58.4 Å². The summed E-state index contributed by atoms with van der Waals surface area (Å²) in [5.74, 6) is 1.49. The summed E-state index contributed by atoms with van der Waals surface area (Å²) >= 11 is 0. The van der Waals surface area contributed by atoms with Gasteiger partial charge in [0.1, 0.15) is 5.75 Å². The molecule has 0 spiro atoms. The molecular weight excluding hydrogens is 414 g/mol. The quantitative estimate of drug-likeness (QED) is 0.413. The van der Waals surface area contributed by atoms with Crippen molar-refractivity contribution >= 4 is 0 Å². The van der Waals surface area contributed by atoms with Crippen molar-refractivity contribution in [2.24, 2.45) is 0 Å². The number of benzene rings is 2. The standard InChI is InChI=1S/C27H37N3O3/c1-6-26-25(18-29(20(3)4)17-23(31)19-32-7-2)27(33-24-15-13-21(5)14-16-24)30(28-26)22-11-9-8-10-12-22/h8-16,20,23,31H,6-7,17-19H2,1-5H3. The van der Waals surface area contributed by atoms with Crippen molar-refractivity contribution in [3.63, 3.8) is 0 Å². The van der Waals surface area contributed by atoms with Crippen LogP contribution in [0.3, 0.4) is 0 Å². The lowest BCUT2D eigenvalue weighted by Gasteiger charge is -2.29. The van der Waals surface area contributed by atoms with Crippen molar-refractivity contribution in [1.29, 1.82) is 0 Å². The van der Waals surface area contributed by atoms with E-state index in [2.05, 4.69) is 32.6 Å². The molecule has 6 heteroatoms. The minimum Gasteiger partial charge on any atom is -0.439 e. The molecule has 2 aromatic carbocycles. The molecule has 178 valence electrons. The van der Waals surface area contributed by atoms with Crippen molar-refractivity contribution in [3.05, 3.63) is 71.4 Å². The van der Waals surface area contributed by atoms with Gasteiger partial charge in [-0.2, -0.15) is 5.10 Å². The summed E-state index contributed by atoms with van der Waals surface area (Å²) in [5, 5.41) is 15.4. The molecule has 0 saturated heterocycles. The zero-order chi connectivity index (χ0) is 23.8. The molecule has 1 unspecified atom stereocenters. The van der Waals surface area contributed by atoms with Gasteiger partial charge in [0.15, 0.2) is 0 Å². The number of aliphatic hydroxyl groups is 1. The smallest absolute Gasteiger partial charge is 0.227 e. The number of aromatic nitrogens is 2. The Balaban J connectivity index is 2.00. The van der Waals surface area contributed by atoms with E-state index in [1.165, 1.54) is 5.56 Å². The molecule has 1 aromatic heterocycles. The van der Waals surface area contributed by atoms with Crippen LogP contribution in [-0.4, -0.2) is 51.7 Å². The molecule has 0 aliphatic heterocycles. The summed E-state index contributed by atoms with van der Waals surface area (Å²) in [6.07, 6.45) is 0.232. The minimum atomic E-state index is -0.553. The molecule has 0 saturated carbocycles. The fourth-order valence-electron chi connectivity index (χ4n) is 3.73. The highest BCUT2D eigenvalue weighted by molar-refractivity contribution is 5.44. The van der Waals surface area contributed by atoms with Gasteiger partial charge < -0.3 is 14.6 Å². The maximum Gasteiger partial charge on any atom is 0.227 e. The summed E-state index contributed by atoms with van der Waals surface area (Å²) < 4.78 is 13.8. The van der Waals surface area contributed by atoms with Gasteiger partial charge in [0, 0.05) is 25.7 Å². The van der Waals surface area contributed by atoms with E-state index < -0.39 is 6.10 Å². The van der Waals surface area contributed by atoms with Gasteiger partial charge in [0.25, 0.3) is 0 Å². The van der Waals surface area contributed by atoms with Gasteiger partial charge in [-0.15, -0.1) is 0 Å². The highest BCUT2D eigenvalue weighted by Gasteiger charge is 2.24. The van der Waals surface area contributed by atoms with Crippen LogP contribution in [0.5, 0.6) is 11.6 Å². The molecule has 33 heavy (non-hydrogen) atoms. The molecule has 0 amide bonds. The summed E-state index contributed by atoms with van der Waals surface area (Å²) in [7, 11) is 0. The number of aryl methyl sites for hydroxylation is 2. The summed E-state index contributed by atoms with van der Waals surface area (Å²) in [6.45, 7) is 12.5. The first-order valence-corrected chi connectivity index (χ1v) is 11.8. The molecule has 1 N–H and O–H groups in total. The topological polar surface area (TPSA) is 59.8 Å². The molecule has 0 aliphatic rings. The second-order valence-corrected chi connectivity index (χ2v) is 8.58. The van der Waals surface area contributed by atoms with Crippen LogP contribution in [-0.2, 0) is 17.7 Å². The van der Waals surface area contributed by atoms with Gasteiger partial charge >= 0.3 is 0 Å². The summed E-state index contributed by atoms with van der Waals surface area (Å²) in [5.41, 5.74) is 4.17. The Morgan fingerprint density at radius 3 is 2.33 bits per heavy atom. The van der Waals surface area contributed by atoms with Crippen LogP contribution < -0.4 is 4.74 Å². The normalized spacial score (nSPS) is 12.5. The number of aliphatic hydroxyl groups excluding tert-OH is 1. The first kappa shape index (κ1) is 25.0. The molecule has 3 aromatic rings. The number of para-hydroxylation sites is 1. The number of ether oxygens (including phenoxy) is 2. The fraction of sp³-hybridized carbons (Fsp3) is 0.444. The Hall–Kier alpha value is -2.67. The fourth-order valence-corrected chi connectivity index (χ4v) is 3.73. The SMILES string of the molecule is CCOCC(O)CN(Cc1c(CC)nn(-c2ccccc2)c1Oc1ccc(C)cc1)C(C)C. The van der Waals surface area contributed by atoms with Gasteiger partial charge in [-0.25, -0.2) is 4.68 Å². The van der Waals surface area contributed by atoms with Crippen molar-refractivity contribution in [2.45, 2.75) is 59.7 Å². The van der Waals surface area contributed by atoms with Crippen molar-refractivity contribution in [2.75, 3.05) is 19.8 Å². The third-order valence-corrected chi connectivity index (χ3v) is 5.64. The monoisotopic (exact) mass is 451 g/mol. The molecule has 1 atom stereocenters. The number of nitrogens with zero attached hydrogens (tertiary/aromatic N) is 3. The second kappa shape index (κ2) is 12.0. The van der Waals surface area contributed by atoms with Gasteiger partial charge in [0.2, 0.25) is 5.88 Å². The Bertz CT molecular complexity index is 984. The molecule has 1 heterocycles. The highest BCUT2D eigenvalue weighted by Crippen LogP contribution is 2.32. The zero-order valence-corrected chi connectivity index (χ0v) is 20.5. The molecule has 0 fully saturated rings. The van der Waals surface area contributed by atoms with E-state index in [0.717, 1.165) is 29.1 Å². The van der Waals surface area contributed by atoms with E-state index in [-0.39, 0.29) is 6.04 Å². The van der Waals surface area contributed by atoms with E-state index in [1.807, 2.05) is 66.2 Å². The number of rotatable bonds is 12. The number of hydrogen-bond acceptors (Lipinski definition) is 5. The molecule has 6 nitrogen and oxygen atoms in total. The van der Waals surface area contributed by atoms with E-state index in [9.17, 15) is 5.11 Å². The Morgan fingerprint density at radius 2 is 1.73 bits per heavy atom. The molecule has 0 radical (unpaired) electrons. The van der Waals surface area contributed by atoms with Crippen LogP contribution in [0.2, 0.25) is 0 Å². The molecule has 0 aliphatic carbocycles. The van der Waals surface area contributed by atoms with Gasteiger partial charge in [0.05, 0.1) is 29.7 Å². The van der Waals surface area contributed by atoms with E-state index in [4.69, 9.17) is 14.6 Å². The largest absolute Gasteiger partial charge is 0.439 e. The predicted octanol–water partition coefficient (Wildman–Crippen LogP) is 5.14. The van der Waals surface area contributed by atoms with Crippen LogP contribution >= 0.6 is 0 Å². The Labute approximate surface area is 197 Å². The van der Waals surface area contributed by atoms with Gasteiger partial charge in [-0.3, -0.25) is 4.90 Å². The average molecular weight is 452 g/mol. The van der Waals surface area contributed by atoms with Crippen molar-refractivity contribution in [3.8, 4) is 17.3 Å². The van der Waals surface area contributed by atoms with Crippen LogP contribution in [0.4, 0.5) is 0 Å². The van der Waals surface area contributed by atoms with Crippen LogP contribution in [0.1, 0.15) is 44.5 Å². The lowest BCUT2D eigenvalue weighted by atomic mass is 10.1. The second-order valence-electron chi connectivity index (χ2n) is 8.58. The van der Waals surface area contributed by atoms with Crippen molar-refractivity contribution in [1.82, 2.24) is 14.7 Å². The highest BCUT2D eigenvalue weighted by atomic mass is 16.5. The first-order valence-electron chi connectivity index (χ1n) is 11.8. The maximum absolute atomic E-state index is 10.5. The molecular formula is C27H37N3O3. The lowest BCUT2D eigenvalue weighted by Crippen LogP contribution is -2.39. The van der Waals surface area contributed by atoms with Crippen molar-refractivity contribution < 1.29 is 14.6 Å². The molecule has 3 rings (SSSR count). The number of hydrogen-bond donors (Lipinski definition) is 1. The summed E-state index contributed by atoms with van der Waals surface area (Å²) in [4.78, 5) is 2.25. The average Bonchev–Trinajstić information content (AvgIpc) is 3.16. The first-order chi connectivity index (χ1) is 15.9. The van der Waals surface area contributed by atoms with Gasteiger partial charge in [-0.1, -0.05) is 42.8 Å². The third kappa shape index (κ3) is 6.67. The summed E-state index contributed by atoms with van der Waals surface area (Å²) in [6, 6.07) is 18.4. The lowest BCUT2D eigenvalue weighted by molar-refractivity contribution is 0.0131. The Morgan fingerprint density at radius 1 is 1.03 bits per heavy atom. The zero-order valence-electron chi connectivity index (χ0n) is 20.5. The van der Waals surface area contributed by atoms with E-state index in [0.29, 0.717) is 32.2 Å². The van der Waals surface area contributed by atoms with E-state index >= 15 is 0 Å². The van der Waals surface area contributed by atoms with Crippen LogP contribution in [0.25, 0.3) is 5.69 Å². The van der Waals surface area contributed by atoms with Crippen LogP contribution in [0.15, 0.2) is 54.6 Å². The maximum atomic E-state index is 10.5. The molecule has 0 bridgehead atoms. The third-order valence-electron chi connectivity index (χ3n) is 5.64. The van der Waals surface area contributed by atoms with Crippen LogP contribution in [0, 0.1) is 6.92 Å². The van der Waals surface area contributed by atoms with E-state index in [1.54, 1.807) is 0 Å². The Kier molecular flexibility index (Phi) is 9.06. The minimum absolute atomic E-state index is 0.235. The predicted molar refractivity (Wildman–Crippen MR) is 132 cm³/mol.